The Labute approximate surface area is 64.3 Å². The third kappa shape index (κ3) is 0.910. The number of nitrogens with one attached hydrogen (secondary N) is 1. The standard InChI is InChI=1S/C6H9N2.Li/c1-3-7-6-5(1)2-4-8-6;/h3,5H,1-2,4H2,(H,7,8);. The second kappa shape index (κ2) is 2.04. The molecule has 2 aliphatic heterocycles. The van der Waals surface area contributed by atoms with E-state index < -0.39 is 0 Å². The zero-order valence-electron chi connectivity index (χ0n) is 5.72. The summed E-state index contributed by atoms with van der Waals surface area (Å²) >= 11 is 2.22. The Morgan fingerprint density at radius 3 is 3.33 bits per heavy atom. The minimum atomic E-state index is 0.675. The van der Waals surface area contributed by atoms with Crippen molar-refractivity contribution in [3.8, 4) is 0 Å². The van der Waals surface area contributed by atoms with E-state index in [9.17, 15) is 0 Å². The van der Waals surface area contributed by atoms with Crippen LogP contribution < -0.4 is 5.32 Å². The molecular weight excluding hydrogens is 107 g/mol. The molecule has 0 aromatic heterocycles. The van der Waals surface area contributed by atoms with E-state index in [1.54, 1.807) is 0 Å². The van der Waals surface area contributed by atoms with Gasteiger partial charge in [-0.1, -0.05) is 0 Å². The van der Waals surface area contributed by atoms with Gasteiger partial charge < -0.3 is 0 Å². The van der Waals surface area contributed by atoms with E-state index in [0.717, 1.165) is 12.5 Å². The Balaban J connectivity index is 2.15. The summed E-state index contributed by atoms with van der Waals surface area (Å²) < 4.78 is 0.675. The molecule has 3 heteroatoms. The molecule has 0 radical (unpaired) electrons. The molecule has 1 fully saturated rings. The monoisotopic (exact) mass is 116 g/mol. The fraction of sp³-hybridized carbons (Fsp3) is 0.833. The van der Waals surface area contributed by atoms with Crippen molar-refractivity contribution >= 4 is 23.6 Å². The number of aliphatic imine (C=N–C) groups is 1. The molecule has 1 saturated heterocycles. The average molecular weight is 116 g/mol. The van der Waals surface area contributed by atoms with Gasteiger partial charge in [-0.3, -0.25) is 0 Å². The predicted molar refractivity (Wildman–Crippen MR) is 37.7 cm³/mol. The van der Waals surface area contributed by atoms with Crippen molar-refractivity contribution < 1.29 is 0 Å². The van der Waals surface area contributed by atoms with Crippen LogP contribution in [0.5, 0.6) is 0 Å². The average Bonchev–Trinajstić information content (AvgIpc) is 2.22. The van der Waals surface area contributed by atoms with Gasteiger partial charge in [0.1, 0.15) is 0 Å². The number of hydrogen-bond donors (Lipinski definition) is 1. The molecule has 2 aliphatic rings. The summed E-state index contributed by atoms with van der Waals surface area (Å²) in [5.74, 6) is 2.07. The topological polar surface area (TPSA) is 24.4 Å². The van der Waals surface area contributed by atoms with Gasteiger partial charge in [-0.25, -0.2) is 0 Å². The van der Waals surface area contributed by atoms with Crippen LogP contribution in [-0.4, -0.2) is 34.8 Å². The molecule has 44 valence electrons. The summed E-state index contributed by atoms with van der Waals surface area (Å²) in [6.45, 7) is 1.06. The predicted octanol–water partition coefficient (Wildman–Crippen LogP) is -0.107. The van der Waals surface area contributed by atoms with Crippen LogP contribution in [0, 0.1) is 5.92 Å². The number of fused-ring (bicyclic) bond motifs is 1. The van der Waals surface area contributed by atoms with Crippen LogP contribution >= 0.6 is 0 Å². The van der Waals surface area contributed by atoms with Crippen molar-refractivity contribution in [2.45, 2.75) is 17.6 Å². The van der Waals surface area contributed by atoms with Crippen LogP contribution in [0.25, 0.3) is 0 Å². The molecule has 2 nitrogen and oxygen atoms in total. The first-order chi connectivity index (χ1) is 4.36. The van der Waals surface area contributed by atoms with Crippen molar-refractivity contribution in [1.82, 2.24) is 5.32 Å². The van der Waals surface area contributed by atoms with Gasteiger partial charge in [0.2, 0.25) is 0 Å². The Morgan fingerprint density at radius 2 is 2.56 bits per heavy atom. The molecule has 0 saturated carbocycles. The second-order valence-electron chi connectivity index (χ2n) is 3.03. The summed E-state index contributed by atoms with van der Waals surface area (Å²) in [5.41, 5.74) is 0. The van der Waals surface area contributed by atoms with Gasteiger partial charge in [0, 0.05) is 0 Å². The van der Waals surface area contributed by atoms with Crippen LogP contribution in [0.3, 0.4) is 0 Å². The number of amidine groups is 1. The van der Waals surface area contributed by atoms with Crippen molar-refractivity contribution in [1.29, 1.82) is 0 Å². The molecule has 0 aromatic rings. The molecule has 1 N–H and O–H groups in total. The second-order valence-corrected chi connectivity index (χ2v) is 3.03. The molecule has 2 rings (SSSR count). The molecule has 0 spiro atoms. The number of hydrogen-bond acceptors (Lipinski definition) is 2. The minimum absolute atomic E-state index is 0.675. The fourth-order valence-electron chi connectivity index (χ4n) is 1.74. The van der Waals surface area contributed by atoms with E-state index in [1.165, 1.54) is 18.7 Å². The van der Waals surface area contributed by atoms with Crippen molar-refractivity contribution in [3.05, 3.63) is 0 Å². The maximum atomic E-state index is 4.35. The van der Waals surface area contributed by atoms with E-state index in [2.05, 4.69) is 28.0 Å². The van der Waals surface area contributed by atoms with Gasteiger partial charge in [0.25, 0.3) is 0 Å². The van der Waals surface area contributed by atoms with Crippen LogP contribution in [0.2, 0.25) is 0 Å². The van der Waals surface area contributed by atoms with Gasteiger partial charge in [0.15, 0.2) is 0 Å². The molecule has 0 aromatic carbocycles. The Morgan fingerprint density at radius 1 is 1.67 bits per heavy atom. The van der Waals surface area contributed by atoms with Gasteiger partial charge in [0.05, 0.1) is 0 Å². The van der Waals surface area contributed by atoms with E-state index >= 15 is 0 Å². The molecule has 0 aliphatic carbocycles. The molecule has 0 bridgehead atoms. The first kappa shape index (κ1) is 5.82. The van der Waals surface area contributed by atoms with Crippen LogP contribution in [0.4, 0.5) is 0 Å². The van der Waals surface area contributed by atoms with E-state index in [-0.39, 0.29) is 0 Å². The van der Waals surface area contributed by atoms with E-state index in [0.29, 0.717) is 4.71 Å². The van der Waals surface area contributed by atoms with Crippen molar-refractivity contribution in [2.75, 3.05) is 6.54 Å². The first-order valence-corrected chi connectivity index (χ1v) is 3.67. The molecule has 2 heterocycles. The molecule has 2 unspecified atom stereocenters. The molecule has 2 atom stereocenters. The zero-order valence-corrected chi connectivity index (χ0v) is 5.72. The first-order valence-electron chi connectivity index (χ1n) is 3.67. The SMILES string of the molecule is [Li][CH]1CC2CCN=C2N1. The summed E-state index contributed by atoms with van der Waals surface area (Å²) in [6.07, 6.45) is 2.59. The summed E-state index contributed by atoms with van der Waals surface area (Å²) in [5, 5.41) is 3.37. The summed E-state index contributed by atoms with van der Waals surface area (Å²) in [4.78, 5) is 4.35. The summed E-state index contributed by atoms with van der Waals surface area (Å²) in [7, 11) is 0. The van der Waals surface area contributed by atoms with E-state index in [4.69, 9.17) is 0 Å². The van der Waals surface area contributed by atoms with Crippen LogP contribution in [0.15, 0.2) is 4.99 Å². The van der Waals surface area contributed by atoms with Crippen LogP contribution in [-0.2, 0) is 0 Å². The van der Waals surface area contributed by atoms with Crippen molar-refractivity contribution in [2.24, 2.45) is 10.9 Å². The van der Waals surface area contributed by atoms with Crippen molar-refractivity contribution in [3.63, 3.8) is 0 Å². The normalized spacial score (nSPS) is 40.0. The molecule has 9 heavy (non-hydrogen) atoms. The maximum absolute atomic E-state index is 4.35. The Kier molecular flexibility index (Phi) is 1.32. The van der Waals surface area contributed by atoms with Gasteiger partial charge in [-0.2, -0.15) is 0 Å². The molecule has 0 amide bonds. The number of rotatable bonds is 0. The zero-order chi connectivity index (χ0) is 6.27. The Bertz CT molecular complexity index is 155. The van der Waals surface area contributed by atoms with Gasteiger partial charge in [-0.15, -0.1) is 0 Å². The van der Waals surface area contributed by atoms with Crippen LogP contribution in [0.1, 0.15) is 12.8 Å². The third-order valence-corrected chi connectivity index (χ3v) is 2.18. The number of nitrogens with zero attached hydrogens (tertiary/aromatic N) is 1. The van der Waals surface area contributed by atoms with E-state index in [1.807, 2.05) is 0 Å². The molecular formula is C6H9LiN2. The summed E-state index contributed by atoms with van der Waals surface area (Å²) in [6, 6.07) is 0. The van der Waals surface area contributed by atoms with Gasteiger partial charge in [-0.05, 0) is 0 Å². The fourth-order valence-corrected chi connectivity index (χ4v) is 1.74. The van der Waals surface area contributed by atoms with Gasteiger partial charge >= 0.3 is 63.9 Å². The quantitative estimate of drug-likeness (QED) is 0.439. The Hall–Kier alpha value is 0.0674. The third-order valence-electron chi connectivity index (χ3n) is 2.18.